The van der Waals surface area contributed by atoms with Gasteiger partial charge in [0.05, 0.1) is 11.6 Å². The average Bonchev–Trinajstić information content (AvgIpc) is 2.74. The molecule has 1 saturated carbocycles. The minimum Gasteiger partial charge on any atom is -0.347 e. The summed E-state index contributed by atoms with van der Waals surface area (Å²) in [5, 5.41) is 6.62. The van der Waals surface area contributed by atoms with Crippen LogP contribution in [0.4, 0.5) is 0 Å². The Morgan fingerprint density at radius 3 is 3.00 bits per heavy atom. The van der Waals surface area contributed by atoms with E-state index in [9.17, 15) is 4.79 Å². The van der Waals surface area contributed by atoms with Crippen molar-refractivity contribution in [2.75, 3.05) is 0 Å². The summed E-state index contributed by atoms with van der Waals surface area (Å²) in [4.78, 5) is 12.2. The van der Waals surface area contributed by atoms with Crippen molar-refractivity contribution in [3.05, 3.63) is 11.1 Å². The lowest BCUT2D eigenvalue weighted by molar-refractivity contribution is 0.0932. The van der Waals surface area contributed by atoms with Gasteiger partial charge < -0.3 is 5.32 Å². The van der Waals surface area contributed by atoms with Crippen molar-refractivity contribution in [1.82, 2.24) is 14.9 Å². The summed E-state index contributed by atoms with van der Waals surface area (Å²) < 4.78 is 3.65. The number of carbonyl (C=O) groups is 1. The van der Waals surface area contributed by atoms with Crippen molar-refractivity contribution in [3.8, 4) is 0 Å². The first-order valence-electron chi connectivity index (χ1n) is 4.99. The molecule has 1 N–H and O–H groups in total. The topological polar surface area (TPSA) is 54.9 Å². The van der Waals surface area contributed by atoms with Crippen LogP contribution in [-0.4, -0.2) is 26.9 Å². The first kappa shape index (κ1) is 10.8. The van der Waals surface area contributed by atoms with Crippen molar-refractivity contribution in [1.29, 1.82) is 0 Å². The third-order valence-corrected chi connectivity index (χ3v) is 3.77. The molecule has 0 saturated heterocycles. The molecule has 1 aliphatic carbocycles. The fourth-order valence-electron chi connectivity index (χ4n) is 1.75. The van der Waals surface area contributed by atoms with E-state index in [4.69, 9.17) is 11.6 Å². The van der Waals surface area contributed by atoms with E-state index in [1.807, 2.05) is 0 Å². The molecule has 2 rings (SSSR count). The van der Waals surface area contributed by atoms with Gasteiger partial charge in [-0.3, -0.25) is 4.79 Å². The number of hydrogen-bond donors (Lipinski definition) is 1. The van der Waals surface area contributed by atoms with Gasteiger partial charge in [-0.1, -0.05) is 17.3 Å². The molecule has 1 amide bonds. The standard InChI is InChI=1S/C9H12ClN3OS/c10-6-3-1-2-4-7(6)12-9(14)8-5-11-13-15-8/h5-7H,1-4H2,(H,12,14). The van der Waals surface area contributed by atoms with Crippen LogP contribution in [0.15, 0.2) is 6.20 Å². The maximum absolute atomic E-state index is 11.7. The molecule has 82 valence electrons. The van der Waals surface area contributed by atoms with Crippen LogP contribution in [0.5, 0.6) is 0 Å². The minimum absolute atomic E-state index is 0.0589. The SMILES string of the molecule is O=C(NC1CCCCC1Cl)c1cnns1. The molecule has 1 aromatic heterocycles. The molecule has 1 heterocycles. The Bertz CT molecular complexity index is 330. The van der Waals surface area contributed by atoms with Gasteiger partial charge in [0.15, 0.2) is 0 Å². The maximum atomic E-state index is 11.7. The fourth-order valence-corrected chi connectivity index (χ4v) is 2.52. The first-order chi connectivity index (χ1) is 7.27. The Labute approximate surface area is 97.2 Å². The number of hydrogen-bond acceptors (Lipinski definition) is 4. The van der Waals surface area contributed by atoms with Crippen molar-refractivity contribution < 1.29 is 4.79 Å². The van der Waals surface area contributed by atoms with Crippen molar-refractivity contribution in [3.63, 3.8) is 0 Å². The third kappa shape index (κ3) is 2.66. The monoisotopic (exact) mass is 245 g/mol. The summed E-state index contributed by atoms with van der Waals surface area (Å²) in [5.41, 5.74) is 0. The molecule has 6 heteroatoms. The van der Waals surface area contributed by atoms with Crippen molar-refractivity contribution >= 4 is 29.0 Å². The van der Waals surface area contributed by atoms with Crippen LogP contribution in [0.2, 0.25) is 0 Å². The van der Waals surface area contributed by atoms with E-state index < -0.39 is 0 Å². The highest BCUT2D eigenvalue weighted by Crippen LogP contribution is 2.23. The fraction of sp³-hybridized carbons (Fsp3) is 0.667. The number of aromatic nitrogens is 2. The first-order valence-corrected chi connectivity index (χ1v) is 6.20. The highest BCUT2D eigenvalue weighted by atomic mass is 35.5. The van der Waals surface area contributed by atoms with Crippen LogP contribution in [0.3, 0.4) is 0 Å². The number of rotatable bonds is 2. The zero-order valence-corrected chi connectivity index (χ0v) is 9.72. The molecule has 1 aromatic rings. The van der Waals surface area contributed by atoms with Crippen molar-refractivity contribution in [2.45, 2.75) is 37.1 Å². The number of amides is 1. The van der Waals surface area contributed by atoms with Crippen LogP contribution in [0.1, 0.15) is 35.4 Å². The van der Waals surface area contributed by atoms with E-state index in [-0.39, 0.29) is 17.3 Å². The largest absolute Gasteiger partial charge is 0.347 e. The molecule has 2 atom stereocenters. The van der Waals surface area contributed by atoms with Gasteiger partial charge in [0.25, 0.3) is 5.91 Å². The minimum atomic E-state index is -0.109. The lowest BCUT2D eigenvalue weighted by atomic mass is 9.95. The predicted octanol–water partition coefficient (Wildman–Crippen LogP) is 1.82. The Balaban J connectivity index is 1.93. The Morgan fingerprint density at radius 1 is 1.53 bits per heavy atom. The van der Waals surface area contributed by atoms with Gasteiger partial charge in [-0.15, -0.1) is 16.7 Å². The van der Waals surface area contributed by atoms with E-state index in [0.717, 1.165) is 37.2 Å². The molecule has 0 spiro atoms. The summed E-state index contributed by atoms with van der Waals surface area (Å²) >= 11 is 7.25. The third-order valence-electron chi connectivity index (χ3n) is 2.58. The summed E-state index contributed by atoms with van der Waals surface area (Å²) in [6.45, 7) is 0. The second-order valence-electron chi connectivity index (χ2n) is 3.66. The number of carbonyl (C=O) groups excluding carboxylic acids is 1. The smallest absolute Gasteiger partial charge is 0.264 e. The summed E-state index contributed by atoms with van der Waals surface area (Å²) in [6, 6.07) is 0.0926. The van der Waals surface area contributed by atoms with Crippen LogP contribution < -0.4 is 5.32 Å². The highest BCUT2D eigenvalue weighted by Gasteiger charge is 2.25. The maximum Gasteiger partial charge on any atom is 0.264 e. The predicted molar refractivity (Wildman–Crippen MR) is 59.3 cm³/mol. The molecule has 0 radical (unpaired) electrons. The van der Waals surface area contributed by atoms with Crippen LogP contribution >= 0.6 is 23.1 Å². The van der Waals surface area contributed by atoms with Crippen molar-refractivity contribution in [2.24, 2.45) is 0 Å². The zero-order chi connectivity index (χ0) is 10.7. The van der Waals surface area contributed by atoms with Crippen LogP contribution in [0.25, 0.3) is 0 Å². The summed E-state index contributed by atoms with van der Waals surface area (Å²) in [7, 11) is 0. The van der Waals surface area contributed by atoms with Gasteiger partial charge in [0, 0.05) is 6.04 Å². The number of nitrogens with zero attached hydrogens (tertiary/aromatic N) is 2. The average molecular weight is 246 g/mol. The van der Waals surface area contributed by atoms with Gasteiger partial charge in [-0.25, -0.2) is 0 Å². The van der Waals surface area contributed by atoms with Crippen LogP contribution in [-0.2, 0) is 0 Å². The van der Waals surface area contributed by atoms with Gasteiger partial charge in [-0.05, 0) is 24.4 Å². The molecule has 0 aromatic carbocycles. The van der Waals surface area contributed by atoms with Crippen LogP contribution in [0, 0.1) is 0 Å². The Kier molecular flexibility index (Phi) is 3.53. The van der Waals surface area contributed by atoms with Gasteiger partial charge in [0.2, 0.25) is 0 Å². The Morgan fingerprint density at radius 2 is 2.33 bits per heavy atom. The van der Waals surface area contributed by atoms with E-state index in [0.29, 0.717) is 4.88 Å². The quantitative estimate of drug-likeness (QED) is 0.809. The van der Waals surface area contributed by atoms with E-state index in [1.165, 1.54) is 6.20 Å². The number of alkyl halides is 1. The summed E-state index contributed by atoms with van der Waals surface area (Å²) in [5.74, 6) is -0.109. The normalized spacial score (nSPS) is 26.2. The molecule has 0 bridgehead atoms. The van der Waals surface area contributed by atoms with E-state index in [1.54, 1.807) is 0 Å². The highest BCUT2D eigenvalue weighted by molar-refractivity contribution is 7.07. The zero-order valence-electron chi connectivity index (χ0n) is 8.15. The second kappa shape index (κ2) is 4.90. The number of halogens is 1. The molecule has 2 unspecified atom stereocenters. The van der Waals surface area contributed by atoms with Gasteiger partial charge in [0.1, 0.15) is 4.88 Å². The van der Waals surface area contributed by atoms with E-state index >= 15 is 0 Å². The molecule has 1 fully saturated rings. The van der Waals surface area contributed by atoms with Gasteiger partial charge >= 0.3 is 0 Å². The summed E-state index contributed by atoms with van der Waals surface area (Å²) in [6.07, 6.45) is 5.71. The lowest BCUT2D eigenvalue weighted by Crippen LogP contribution is -2.42. The van der Waals surface area contributed by atoms with Gasteiger partial charge in [-0.2, -0.15) is 0 Å². The molecule has 15 heavy (non-hydrogen) atoms. The molecular formula is C9H12ClN3OS. The lowest BCUT2D eigenvalue weighted by Gasteiger charge is -2.27. The molecule has 1 aliphatic rings. The molecular weight excluding hydrogens is 234 g/mol. The molecule has 4 nitrogen and oxygen atoms in total. The Hall–Kier alpha value is -0.680. The number of nitrogens with one attached hydrogen (secondary N) is 1. The molecule has 0 aliphatic heterocycles. The second-order valence-corrected chi connectivity index (χ2v) is 5.01. The van der Waals surface area contributed by atoms with E-state index in [2.05, 4.69) is 14.9 Å².